The van der Waals surface area contributed by atoms with Crippen molar-refractivity contribution in [2.24, 2.45) is 5.16 Å². The number of imidazole rings is 1. The van der Waals surface area contributed by atoms with E-state index in [0.717, 1.165) is 50.4 Å². The summed E-state index contributed by atoms with van der Waals surface area (Å²) < 4.78 is 0. The molecule has 8 heteroatoms. The number of amides is 1. The van der Waals surface area contributed by atoms with Crippen molar-refractivity contribution in [3.63, 3.8) is 0 Å². The topological polar surface area (TPSA) is 108 Å². The number of oxime groups is 1. The highest BCUT2D eigenvalue weighted by Crippen LogP contribution is 2.29. The van der Waals surface area contributed by atoms with Crippen LogP contribution in [0.25, 0.3) is 27.9 Å². The number of fused-ring (bicyclic) bond motifs is 1. The lowest BCUT2D eigenvalue weighted by atomic mass is 10.1. The third kappa shape index (κ3) is 5.06. The summed E-state index contributed by atoms with van der Waals surface area (Å²) in [5.74, 6) is 0.723. The van der Waals surface area contributed by atoms with E-state index < -0.39 is 0 Å². The molecule has 0 atom stereocenters. The van der Waals surface area contributed by atoms with Crippen LogP contribution in [0.1, 0.15) is 55.3 Å². The number of hydrogen-bond donors (Lipinski definition) is 3. The summed E-state index contributed by atoms with van der Waals surface area (Å²) in [4.78, 5) is 33.4. The number of aromatic amines is 2. The molecule has 0 spiro atoms. The normalized spacial score (nSPS) is 10.7. The molecule has 0 saturated heterocycles. The maximum atomic E-state index is 12.6. The smallest absolute Gasteiger partial charge is 0.287 e. The number of benzene rings is 1. The first-order chi connectivity index (χ1) is 16.3. The van der Waals surface area contributed by atoms with Crippen molar-refractivity contribution in [2.75, 3.05) is 0 Å². The standard InChI is InChI=1S/C26H28N6O2/c1-15(2)24(34-32-16(3)4)22-13-20-12-19(6-7-21(20)30-22)23-17(5)29-25(31-23)26(33)28-14-18-8-10-27-11-9-18/h6-13,30H,14H2,1-5H3,(H,28,33)(H,29,31). The lowest BCUT2D eigenvalue weighted by Crippen LogP contribution is -2.24. The Labute approximate surface area is 198 Å². The minimum absolute atomic E-state index is 0.256. The summed E-state index contributed by atoms with van der Waals surface area (Å²) in [5, 5.41) is 8.01. The van der Waals surface area contributed by atoms with Crippen molar-refractivity contribution >= 4 is 28.3 Å². The van der Waals surface area contributed by atoms with E-state index >= 15 is 0 Å². The maximum absolute atomic E-state index is 12.6. The molecular formula is C26H28N6O2. The highest BCUT2D eigenvalue weighted by atomic mass is 16.6. The number of carbonyl (C=O) groups excluding carboxylic acids is 1. The van der Waals surface area contributed by atoms with Crippen LogP contribution >= 0.6 is 0 Å². The third-order valence-electron chi connectivity index (χ3n) is 5.21. The van der Waals surface area contributed by atoms with Gasteiger partial charge < -0.3 is 20.1 Å². The predicted octanol–water partition coefficient (Wildman–Crippen LogP) is 5.35. The van der Waals surface area contributed by atoms with Crippen molar-refractivity contribution in [1.29, 1.82) is 0 Å². The monoisotopic (exact) mass is 456 g/mol. The molecule has 1 amide bonds. The molecule has 0 aliphatic rings. The molecule has 174 valence electrons. The fourth-order valence-electron chi connectivity index (χ4n) is 3.56. The molecule has 0 radical (unpaired) electrons. The van der Waals surface area contributed by atoms with Gasteiger partial charge in [-0.2, -0.15) is 0 Å². The highest BCUT2D eigenvalue weighted by molar-refractivity contribution is 5.92. The van der Waals surface area contributed by atoms with Crippen LogP contribution in [0.15, 0.2) is 59.5 Å². The Bertz CT molecular complexity index is 1390. The number of nitrogens with zero attached hydrogens (tertiary/aromatic N) is 3. The second-order valence-corrected chi connectivity index (χ2v) is 8.54. The van der Waals surface area contributed by atoms with Crippen LogP contribution < -0.4 is 5.32 Å². The summed E-state index contributed by atoms with van der Waals surface area (Å²) in [6, 6.07) is 11.8. The van der Waals surface area contributed by atoms with E-state index in [2.05, 4.69) is 30.4 Å². The molecule has 3 aromatic heterocycles. The van der Waals surface area contributed by atoms with Gasteiger partial charge in [0, 0.05) is 41.1 Å². The highest BCUT2D eigenvalue weighted by Gasteiger charge is 2.16. The summed E-state index contributed by atoms with van der Waals surface area (Å²) in [6.07, 6.45) is 3.40. The van der Waals surface area contributed by atoms with Crippen molar-refractivity contribution in [3.8, 4) is 11.3 Å². The van der Waals surface area contributed by atoms with E-state index in [1.165, 1.54) is 0 Å². The molecule has 34 heavy (non-hydrogen) atoms. The number of aromatic nitrogens is 4. The number of carbonyl (C=O) groups is 1. The number of rotatable bonds is 7. The van der Waals surface area contributed by atoms with Gasteiger partial charge in [-0.15, -0.1) is 0 Å². The van der Waals surface area contributed by atoms with Crippen LogP contribution in [0, 0.1) is 6.92 Å². The lowest BCUT2D eigenvalue weighted by Gasteiger charge is -2.05. The van der Waals surface area contributed by atoms with Crippen molar-refractivity contribution in [2.45, 2.75) is 41.2 Å². The first-order valence-corrected chi connectivity index (χ1v) is 11.0. The van der Waals surface area contributed by atoms with Gasteiger partial charge in [-0.05, 0) is 76.1 Å². The molecule has 1 aromatic carbocycles. The number of allylic oxidation sites excluding steroid dienone is 1. The van der Waals surface area contributed by atoms with Crippen LogP contribution in [0.4, 0.5) is 0 Å². The van der Waals surface area contributed by atoms with E-state index in [1.807, 2.05) is 71.0 Å². The van der Waals surface area contributed by atoms with Crippen LogP contribution in [0.5, 0.6) is 0 Å². The van der Waals surface area contributed by atoms with Crippen LogP contribution in [-0.2, 0) is 11.4 Å². The van der Waals surface area contributed by atoms with Crippen LogP contribution in [-0.4, -0.2) is 31.6 Å². The number of nitrogens with one attached hydrogen (secondary N) is 3. The largest absolute Gasteiger partial charge is 0.355 e. The van der Waals surface area contributed by atoms with Crippen LogP contribution in [0.3, 0.4) is 0 Å². The predicted molar refractivity (Wildman–Crippen MR) is 134 cm³/mol. The average molecular weight is 457 g/mol. The van der Waals surface area contributed by atoms with E-state index in [0.29, 0.717) is 12.3 Å². The zero-order chi connectivity index (χ0) is 24.2. The summed E-state index contributed by atoms with van der Waals surface area (Å²) in [5.41, 5.74) is 7.14. The number of hydrogen-bond acceptors (Lipinski definition) is 5. The molecule has 3 heterocycles. The molecule has 4 rings (SSSR count). The Morgan fingerprint density at radius 2 is 1.82 bits per heavy atom. The van der Waals surface area contributed by atoms with Gasteiger partial charge in [0.25, 0.3) is 5.91 Å². The SMILES string of the molecule is CC(C)=NOC(=C(C)C)c1cc2cc(-c3nc(C(=O)NCc4ccncc4)[nH]c3C)ccc2[nH]1. The number of pyridine rings is 1. The number of aryl methyl sites for hydroxylation is 1. The van der Waals surface area contributed by atoms with Crippen molar-refractivity contribution in [1.82, 2.24) is 25.3 Å². The van der Waals surface area contributed by atoms with Gasteiger partial charge in [0.05, 0.1) is 17.1 Å². The van der Waals surface area contributed by atoms with Crippen LogP contribution in [0.2, 0.25) is 0 Å². The quantitative estimate of drug-likeness (QED) is 0.198. The second kappa shape index (κ2) is 9.74. The first kappa shape index (κ1) is 23.0. The van der Waals surface area contributed by atoms with Gasteiger partial charge in [0.15, 0.2) is 11.6 Å². The lowest BCUT2D eigenvalue weighted by molar-refractivity contribution is 0.0941. The Morgan fingerprint density at radius 1 is 1.06 bits per heavy atom. The number of H-pyrrole nitrogens is 2. The molecule has 8 nitrogen and oxygen atoms in total. The van der Waals surface area contributed by atoms with Gasteiger partial charge in [-0.1, -0.05) is 11.2 Å². The molecule has 3 N–H and O–H groups in total. The molecule has 0 bridgehead atoms. The molecule has 0 unspecified atom stereocenters. The first-order valence-electron chi connectivity index (χ1n) is 11.0. The van der Waals surface area contributed by atoms with Gasteiger partial charge >= 0.3 is 0 Å². The molecule has 0 fully saturated rings. The fraction of sp³-hybridized carbons (Fsp3) is 0.231. The summed E-state index contributed by atoms with van der Waals surface area (Å²) in [7, 11) is 0. The zero-order valence-corrected chi connectivity index (χ0v) is 20.0. The zero-order valence-electron chi connectivity index (χ0n) is 20.0. The maximum Gasteiger partial charge on any atom is 0.287 e. The van der Waals surface area contributed by atoms with E-state index in [1.54, 1.807) is 12.4 Å². The molecule has 0 aliphatic carbocycles. The molecule has 4 aromatic rings. The Morgan fingerprint density at radius 3 is 2.53 bits per heavy atom. The Hall–Kier alpha value is -4.20. The average Bonchev–Trinajstić information content (AvgIpc) is 3.40. The Kier molecular flexibility index (Phi) is 6.58. The fourth-order valence-corrected chi connectivity index (χ4v) is 3.56. The van der Waals surface area contributed by atoms with E-state index in [9.17, 15) is 4.79 Å². The van der Waals surface area contributed by atoms with Gasteiger partial charge in [-0.25, -0.2) is 4.98 Å². The Balaban J connectivity index is 1.58. The van der Waals surface area contributed by atoms with E-state index in [4.69, 9.17) is 4.84 Å². The summed E-state index contributed by atoms with van der Waals surface area (Å²) >= 11 is 0. The van der Waals surface area contributed by atoms with Gasteiger partial charge in [0.2, 0.25) is 0 Å². The van der Waals surface area contributed by atoms with Gasteiger partial charge in [0.1, 0.15) is 0 Å². The van der Waals surface area contributed by atoms with Gasteiger partial charge in [-0.3, -0.25) is 9.78 Å². The van der Waals surface area contributed by atoms with E-state index in [-0.39, 0.29) is 11.7 Å². The summed E-state index contributed by atoms with van der Waals surface area (Å²) in [6.45, 7) is 10.1. The molecular weight excluding hydrogens is 428 g/mol. The molecule has 0 aliphatic heterocycles. The van der Waals surface area contributed by atoms with Crippen molar-refractivity contribution in [3.05, 3.63) is 77.1 Å². The minimum atomic E-state index is -0.256. The minimum Gasteiger partial charge on any atom is -0.355 e. The van der Waals surface area contributed by atoms with Crippen molar-refractivity contribution < 1.29 is 9.63 Å². The molecule has 0 saturated carbocycles. The third-order valence-corrected chi connectivity index (χ3v) is 5.21. The second-order valence-electron chi connectivity index (χ2n) is 8.54.